The smallest absolute Gasteiger partial charge is 0.489 e. The lowest BCUT2D eigenvalue weighted by Gasteiger charge is -2.37. The number of aliphatic carboxylic acids is 2. The van der Waals surface area contributed by atoms with Gasteiger partial charge in [-0.1, -0.05) is 18.2 Å². The number of sulfonamides is 2. The van der Waals surface area contributed by atoms with Crippen LogP contribution in [0.4, 0.5) is 31.1 Å². The molecular weight excluding hydrogens is 804 g/mol. The van der Waals surface area contributed by atoms with Crippen molar-refractivity contribution in [2.45, 2.75) is 36.8 Å². The molecule has 6 N–H and O–H groups in total. The Morgan fingerprint density at radius 3 is 1.76 bits per heavy atom. The van der Waals surface area contributed by atoms with Crippen LogP contribution in [0.25, 0.3) is 10.9 Å². The Labute approximate surface area is 307 Å². The molecule has 0 spiro atoms. The van der Waals surface area contributed by atoms with Gasteiger partial charge in [0, 0.05) is 49.4 Å². The summed E-state index contributed by atoms with van der Waals surface area (Å²) >= 11 is 0. The molecule has 306 valence electrons. The minimum absolute atomic E-state index is 0.0571. The number of halogens is 6. The highest BCUT2D eigenvalue weighted by atomic mass is 32.2. The molecule has 1 aliphatic heterocycles. The van der Waals surface area contributed by atoms with Gasteiger partial charge in [-0.15, -0.1) is 0 Å². The highest BCUT2D eigenvalue weighted by Crippen LogP contribution is 2.27. The molecule has 2 aromatic carbocycles. The topological polar surface area (TPSA) is 262 Å². The number of ether oxygens (including phenoxy) is 1. The Balaban J connectivity index is 0.000000633. The van der Waals surface area contributed by atoms with Crippen LogP contribution in [0.15, 0.2) is 53.4 Å². The van der Waals surface area contributed by atoms with Gasteiger partial charge in [-0.3, -0.25) is 14.9 Å². The summed E-state index contributed by atoms with van der Waals surface area (Å²) in [5.74, 6) is -5.99. The van der Waals surface area contributed by atoms with Crippen LogP contribution < -0.4 is 14.9 Å². The number of amides is 1. The molecule has 1 amide bonds. The van der Waals surface area contributed by atoms with Gasteiger partial charge in [-0.2, -0.15) is 30.6 Å². The van der Waals surface area contributed by atoms with Gasteiger partial charge < -0.3 is 20.1 Å². The second-order valence-electron chi connectivity index (χ2n) is 11.1. The van der Waals surface area contributed by atoms with E-state index in [1.807, 2.05) is 0 Å². The fourth-order valence-corrected chi connectivity index (χ4v) is 6.68. The number of hydrogen-bond acceptors (Lipinski definition) is 11. The molecule has 0 radical (unpaired) electrons. The number of nitrogens with zero attached hydrogens (tertiary/aromatic N) is 3. The van der Waals surface area contributed by atoms with E-state index < -0.39 is 62.4 Å². The van der Waals surface area contributed by atoms with Crippen molar-refractivity contribution in [3.05, 3.63) is 59.8 Å². The van der Waals surface area contributed by atoms with Crippen molar-refractivity contribution in [1.82, 2.24) is 24.0 Å². The first-order valence-electron chi connectivity index (χ1n) is 15.0. The summed E-state index contributed by atoms with van der Waals surface area (Å²) in [7, 11) is -7.46. The number of piperazine rings is 1. The van der Waals surface area contributed by atoms with E-state index in [0.717, 1.165) is 11.6 Å². The number of hydroxylamine groups is 1. The van der Waals surface area contributed by atoms with Gasteiger partial charge in [-0.05, 0) is 37.3 Å². The summed E-state index contributed by atoms with van der Waals surface area (Å²) in [6.45, 7) is 1.97. The number of carbonyl (C=O) groups excluding carboxylic acids is 1. The SMILES string of the molecule is Cc1c(COc2ccc(S(=O)(=O)NC[C@@H](C(=O)NO)N3CCN(S(C)(=O)=O)CC3)cc2)c2ccccc2n1C(=O)O.O=C(O)C(F)(F)F.O=C(O)C(F)(F)F. The third-order valence-electron chi connectivity index (χ3n) is 7.50. The molecule has 1 aliphatic rings. The molecule has 0 unspecified atom stereocenters. The minimum Gasteiger partial charge on any atom is -0.489 e. The van der Waals surface area contributed by atoms with Gasteiger partial charge in [0.2, 0.25) is 20.0 Å². The number of carbonyl (C=O) groups is 4. The summed E-state index contributed by atoms with van der Waals surface area (Å²) in [6, 6.07) is 11.6. The first-order chi connectivity index (χ1) is 25.2. The van der Waals surface area contributed by atoms with Gasteiger partial charge in [0.15, 0.2) is 0 Å². The Morgan fingerprint density at radius 1 is 0.836 bits per heavy atom. The Morgan fingerprint density at radius 2 is 1.33 bits per heavy atom. The molecular formula is C29H33F6N5O13S2. The number of alkyl halides is 6. The number of benzene rings is 2. The van der Waals surface area contributed by atoms with Gasteiger partial charge in [-0.25, -0.2) is 46.0 Å². The molecule has 0 aliphatic carbocycles. The van der Waals surface area contributed by atoms with Crippen molar-refractivity contribution in [3.63, 3.8) is 0 Å². The molecule has 26 heteroatoms. The number of para-hydroxylation sites is 1. The number of hydrogen-bond donors (Lipinski definition) is 6. The van der Waals surface area contributed by atoms with Crippen LogP contribution in [0, 0.1) is 6.92 Å². The van der Waals surface area contributed by atoms with Gasteiger partial charge in [0.05, 0.1) is 16.7 Å². The van der Waals surface area contributed by atoms with E-state index >= 15 is 0 Å². The zero-order valence-corrected chi connectivity index (χ0v) is 30.0. The van der Waals surface area contributed by atoms with Crippen molar-refractivity contribution in [1.29, 1.82) is 0 Å². The zero-order valence-electron chi connectivity index (χ0n) is 28.3. The monoisotopic (exact) mass is 837 g/mol. The second kappa shape index (κ2) is 18.5. The first-order valence-corrected chi connectivity index (χ1v) is 18.3. The minimum atomic E-state index is -5.08. The molecule has 2 heterocycles. The number of nitrogens with one attached hydrogen (secondary N) is 2. The van der Waals surface area contributed by atoms with Gasteiger partial charge in [0.25, 0.3) is 5.91 Å². The van der Waals surface area contributed by atoms with E-state index in [-0.39, 0.29) is 44.2 Å². The Bertz CT molecular complexity index is 2040. The number of aromatic nitrogens is 1. The zero-order chi connectivity index (χ0) is 42.1. The van der Waals surface area contributed by atoms with E-state index in [0.29, 0.717) is 22.5 Å². The maximum atomic E-state index is 13.0. The van der Waals surface area contributed by atoms with Crippen LogP contribution in [0.5, 0.6) is 5.75 Å². The first kappa shape index (κ1) is 46.1. The molecule has 1 atom stereocenters. The van der Waals surface area contributed by atoms with Crippen LogP contribution in [0.1, 0.15) is 11.3 Å². The summed E-state index contributed by atoms with van der Waals surface area (Å²) in [4.78, 5) is 43.3. The molecule has 18 nitrogen and oxygen atoms in total. The average molecular weight is 838 g/mol. The van der Waals surface area contributed by atoms with Crippen molar-refractivity contribution >= 4 is 54.9 Å². The van der Waals surface area contributed by atoms with Crippen LogP contribution in [-0.2, 0) is 41.0 Å². The number of rotatable bonds is 10. The Hall–Kier alpha value is -5.02. The number of carboxylic acid groups (broad SMARTS) is 3. The lowest BCUT2D eigenvalue weighted by molar-refractivity contribution is -0.193. The highest BCUT2D eigenvalue weighted by Gasteiger charge is 2.39. The van der Waals surface area contributed by atoms with Gasteiger partial charge >= 0.3 is 30.4 Å². The molecule has 1 aromatic heterocycles. The largest absolute Gasteiger partial charge is 0.490 e. The number of carboxylic acids is 2. The Kier molecular flexibility index (Phi) is 15.6. The van der Waals surface area contributed by atoms with E-state index in [4.69, 9.17) is 24.5 Å². The number of fused-ring (bicyclic) bond motifs is 1. The van der Waals surface area contributed by atoms with Crippen LogP contribution in [0.3, 0.4) is 0 Å². The predicted molar refractivity (Wildman–Crippen MR) is 175 cm³/mol. The lowest BCUT2D eigenvalue weighted by atomic mass is 10.1. The van der Waals surface area contributed by atoms with Crippen LogP contribution in [0.2, 0.25) is 0 Å². The average Bonchev–Trinajstić information content (AvgIpc) is 3.37. The fourth-order valence-electron chi connectivity index (χ4n) is 4.81. The fraction of sp³-hybridized carbons (Fsp3) is 0.379. The van der Waals surface area contributed by atoms with Crippen molar-refractivity contribution < 1.29 is 87.6 Å². The molecule has 1 saturated heterocycles. The molecule has 0 saturated carbocycles. The standard InChI is InChI=1S/C25H31N5O9S2.2C2HF3O2/c1-17-21(20-5-3-4-6-22(20)30(17)25(32)33)16-39-18-7-9-19(10-8-18)41(37,38)26-15-23(24(31)27-34)28-11-13-29(14-12-28)40(2,35)36;2*3-2(4,5)1(6)7/h3-10,23,26,34H,11-16H2,1-2H3,(H,27,31)(H,32,33);2*(H,6,7)/t23-;;/m0../s1. The maximum absolute atomic E-state index is 13.0. The molecule has 55 heavy (non-hydrogen) atoms. The molecule has 1 fully saturated rings. The molecule has 4 rings (SSSR count). The van der Waals surface area contributed by atoms with Gasteiger partial charge in [0.1, 0.15) is 18.4 Å². The summed E-state index contributed by atoms with van der Waals surface area (Å²) in [6.07, 6.45) is -10.2. The summed E-state index contributed by atoms with van der Waals surface area (Å²) in [5, 5.41) is 33.8. The third kappa shape index (κ3) is 13.1. The summed E-state index contributed by atoms with van der Waals surface area (Å²) in [5.41, 5.74) is 3.28. The van der Waals surface area contributed by atoms with Crippen molar-refractivity contribution in [3.8, 4) is 5.75 Å². The van der Waals surface area contributed by atoms with Crippen molar-refractivity contribution in [2.24, 2.45) is 0 Å². The lowest BCUT2D eigenvalue weighted by Crippen LogP contribution is -2.58. The molecule has 0 bridgehead atoms. The normalized spacial score (nSPS) is 14.8. The van der Waals surface area contributed by atoms with E-state index in [1.54, 1.807) is 36.1 Å². The highest BCUT2D eigenvalue weighted by molar-refractivity contribution is 7.89. The van der Waals surface area contributed by atoms with E-state index in [1.165, 1.54) is 38.6 Å². The van der Waals surface area contributed by atoms with Crippen LogP contribution >= 0.6 is 0 Å². The van der Waals surface area contributed by atoms with E-state index in [9.17, 15) is 63.1 Å². The maximum Gasteiger partial charge on any atom is 0.490 e. The summed E-state index contributed by atoms with van der Waals surface area (Å²) < 4.78 is 124. The third-order valence-corrected chi connectivity index (χ3v) is 10.2. The molecule has 3 aromatic rings. The van der Waals surface area contributed by atoms with Crippen molar-refractivity contribution in [2.75, 3.05) is 39.0 Å². The predicted octanol–water partition coefficient (Wildman–Crippen LogP) is 2.05. The van der Waals surface area contributed by atoms with E-state index in [2.05, 4.69) is 4.72 Å². The van der Waals surface area contributed by atoms with Crippen LogP contribution in [-0.4, -0.2) is 132 Å². The second-order valence-corrected chi connectivity index (χ2v) is 14.9. The quantitative estimate of drug-likeness (QED) is 0.0971.